The van der Waals surface area contributed by atoms with Crippen molar-refractivity contribution in [3.8, 4) is 23.0 Å². The van der Waals surface area contributed by atoms with Gasteiger partial charge in [-0.05, 0) is 84.8 Å². The molecule has 47 heavy (non-hydrogen) atoms. The maximum Gasteiger partial charge on any atom is 0.335 e. The van der Waals surface area contributed by atoms with Gasteiger partial charge < -0.3 is 24.3 Å². The molecular formula is C35H30ClN3O8. The van der Waals surface area contributed by atoms with Gasteiger partial charge in [0, 0.05) is 5.69 Å². The second kappa shape index (κ2) is 15.0. The van der Waals surface area contributed by atoms with Gasteiger partial charge in [0.25, 0.3) is 17.7 Å². The van der Waals surface area contributed by atoms with Crippen molar-refractivity contribution in [3.63, 3.8) is 0 Å². The lowest BCUT2D eigenvalue weighted by Gasteiger charge is -2.26. The number of anilines is 2. The lowest BCUT2D eigenvalue weighted by molar-refractivity contribution is -0.122. The number of barbiturate groups is 1. The van der Waals surface area contributed by atoms with Gasteiger partial charge in [0.05, 0.1) is 24.4 Å². The lowest BCUT2D eigenvalue weighted by Crippen LogP contribution is -2.54. The monoisotopic (exact) mass is 655 g/mol. The molecule has 1 fully saturated rings. The Bertz CT molecular complexity index is 1810. The average molecular weight is 656 g/mol. The lowest BCUT2D eigenvalue weighted by atomic mass is 10.1. The Morgan fingerprint density at radius 3 is 2.28 bits per heavy atom. The van der Waals surface area contributed by atoms with E-state index in [-0.39, 0.29) is 41.0 Å². The molecule has 5 amide bonds. The molecule has 4 aromatic rings. The van der Waals surface area contributed by atoms with Gasteiger partial charge in [-0.2, -0.15) is 0 Å². The molecule has 0 unspecified atom stereocenters. The topological polar surface area (TPSA) is 132 Å². The fourth-order valence-electron chi connectivity index (χ4n) is 4.57. The van der Waals surface area contributed by atoms with E-state index in [1.165, 1.54) is 18.2 Å². The number of imide groups is 2. The van der Waals surface area contributed by atoms with Gasteiger partial charge in [0.15, 0.2) is 18.1 Å². The summed E-state index contributed by atoms with van der Waals surface area (Å²) >= 11 is 6.52. The van der Waals surface area contributed by atoms with E-state index in [2.05, 4.69) is 10.6 Å². The first-order valence-electron chi connectivity index (χ1n) is 14.5. The van der Waals surface area contributed by atoms with Gasteiger partial charge in [0.2, 0.25) is 0 Å². The van der Waals surface area contributed by atoms with Crippen LogP contribution in [-0.2, 0) is 21.0 Å². The zero-order valence-electron chi connectivity index (χ0n) is 25.5. The maximum atomic E-state index is 13.5. The summed E-state index contributed by atoms with van der Waals surface area (Å²) in [6, 6.07) is 24.8. The summed E-state index contributed by atoms with van der Waals surface area (Å²) in [5.41, 5.74) is 1.79. The molecule has 12 heteroatoms. The number of carbonyl (C=O) groups excluding carboxylic acids is 4. The van der Waals surface area contributed by atoms with Crippen molar-refractivity contribution in [2.45, 2.75) is 13.5 Å². The minimum Gasteiger partial charge on any atom is -0.497 e. The summed E-state index contributed by atoms with van der Waals surface area (Å²) in [5.74, 6) is -0.672. The number of halogens is 1. The number of methoxy groups -OCH3 is 1. The highest BCUT2D eigenvalue weighted by molar-refractivity contribution is 6.39. The number of ether oxygens (including phenoxy) is 4. The molecule has 0 spiro atoms. The van der Waals surface area contributed by atoms with E-state index in [1.54, 1.807) is 62.6 Å². The molecule has 1 heterocycles. The third-order valence-corrected chi connectivity index (χ3v) is 7.09. The number of hydrogen-bond donors (Lipinski definition) is 2. The quantitative estimate of drug-likeness (QED) is 0.140. The minimum atomic E-state index is -0.889. The number of rotatable bonds is 12. The number of amides is 5. The van der Waals surface area contributed by atoms with E-state index in [0.717, 1.165) is 10.5 Å². The number of hydrogen-bond acceptors (Lipinski definition) is 8. The van der Waals surface area contributed by atoms with Crippen LogP contribution in [0.25, 0.3) is 6.08 Å². The molecule has 0 aliphatic carbocycles. The predicted molar refractivity (Wildman–Crippen MR) is 176 cm³/mol. The molecule has 4 aromatic carbocycles. The number of carbonyl (C=O) groups is 4. The van der Waals surface area contributed by atoms with Crippen LogP contribution in [0.3, 0.4) is 0 Å². The van der Waals surface area contributed by atoms with Gasteiger partial charge in [-0.15, -0.1) is 0 Å². The Morgan fingerprint density at radius 1 is 0.894 bits per heavy atom. The molecule has 1 aliphatic rings. The van der Waals surface area contributed by atoms with Crippen LogP contribution in [-0.4, -0.2) is 44.1 Å². The standard InChI is InChI=1S/C35H30ClN3O8/c1-3-45-30-19-23(18-29(36)32(30)47-21-31(40)37-24-9-13-26(44-2)14-10-24)17-28-33(41)38-35(43)39(34(28)42)25-11-15-27(16-12-25)46-20-22-7-5-4-6-8-22/h4-19H,3,20-21H2,1-2H3,(H,37,40)(H,38,41,43)/b28-17-. The molecule has 1 saturated heterocycles. The summed E-state index contributed by atoms with van der Waals surface area (Å²) in [4.78, 5) is 52.4. The zero-order chi connectivity index (χ0) is 33.3. The van der Waals surface area contributed by atoms with Crippen LogP contribution in [0.4, 0.5) is 16.2 Å². The number of benzene rings is 4. The highest BCUT2D eigenvalue weighted by Crippen LogP contribution is 2.38. The van der Waals surface area contributed by atoms with Gasteiger partial charge >= 0.3 is 6.03 Å². The molecule has 240 valence electrons. The van der Waals surface area contributed by atoms with Crippen LogP contribution >= 0.6 is 11.6 Å². The molecule has 0 aromatic heterocycles. The second-order valence-corrected chi connectivity index (χ2v) is 10.5. The van der Waals surface area contributed by atoms with E-state index in [1.807, 2.05) is 30.3 Å². The van der Waals surface area contributed by atoms with E-state index in [4.69, 9.17) is 30.5 Å². The minimum absolute atomic E-state index is 0.0720. The van der Waals surface area contributed by atoms with E-state index >= 15 is 0 Å². The molecule has 11 nitrogen and oxygen atoms in total. The van der Waals surface area contributed by atoms with E-state index in [0.29, 0.717) is 29.4 Å². The zero-order valence-corrected chi connectivity index (χ0v) is 26.2. The maximum absolute atomic E-state index is 13.5. The molecule has 0 atom stereocenters. The molecule has 2 N–H and O–H groups in total. The Hall–Kier alpha value is -5.81. The van der Waals surface area contributed by atoms with Crippen molar-refractivity contribution in [2.24, 2.45) is 0 Å². The van der Waals surface area contributed by atoms with Crippen molar-refractivity contribution < 1.29 is 38.1 Å². The average Bonchev–Trinajstić information content (AvgIpc) is 3.07. The Labute approximate surface area is 275 Å². The molecule has 0 radical (unpaired) electrons. The fraction of sp³-hybridized carbons (Fsp3) is 0.143. The highest BCUT2D eigenvalue weighted by Gasteiger charge is 2.37. The van der Waals surface area contributed by atoms with Crippen LogP contribution in [0, 0.1) is 0 Å². The van der Waals surface area contributed by atoms with Crippen LogP contribution in [0.15, 0.2) is 96.6 Å². The Morgan fingerprint density at radius 2 is 1.60 bits per heavy atom. The number of urea groups is 1. The van der Waals surface area contributed by atoms with Crippen molar-refractivity contribution in [1.29, 1.82) is 0 Å². The van der Waals surface area contributed by atoms with Crippen LogP contribution in [0.5, 0.6) is 23.0 Å². The SMILES string of the molecule is CCOc1cc(/C=C2/C(=O)NC(=O)N(c3ccc(OCc4ccccc4)cc3)C2=O)cc(Cl)c1OCC(=O)Nc1ccc(OC)cc1. The fourth-order valence-corrected chi connectivity index (χ4v) is 4.85. The molecule has 0 saturated carbocycles. The van der Waals surface area contributed by atoms with Crippen LogP contribution in [0.1, 0.15) is 18.1 Å². The first-order chi connectivity index (χ1) is 22.7. The molecule has 1 aliphatic heterocycles. The van der Waals surface area contributed by atoms with E-state index in [9.17, 15) is 19.2 Å². The van der Waals surface area contributed by atoms with Crippen molar-refractivity contribution in [2.75, 3.05) is 30.5 Å². The summed E-state index contributed by atoms with van der Waals surface area (Å²) in [5, 5.41) is 4.99. The first-order valence-corrected chi connectivity index (χ1v) is 14.8. The van der Waals surface area contributed by atoms with Crippen LogP contribution < -0.4 is 34.5 Å². The predicted octanol–water partition coefficient (Wildman–Crippen LogP) is 6.01. The van der Waals surface area contributed by atoms with Gasteiger partial charge in [-0.25, -0.2) is 9.69 Å². The summed E-state index contributed by atoms with van der Waals surface area (Å²) in [6.07, 6.45) is 1.29. The molecule has 0 bridgehead atoms. The van der Waals surface area contributed by atoms with Crippen molar-refractivity contribution >= 4 is 52.8 Å². The molecule has 5 rings (SSSR count). The van der Waals surface area contributed by atoms with Crippen LogP contribution in [0.2, 0.25) is 5.02 Å². The summed E-state index contributed by atoms with van der Waals surface area (Å²) < 4.78 is 22.3. The van der Waals surface area contributed by atoms with E-state index < -0.39 is 23.8 Å². The first kappa shape index (κ1) is 32.6. The van der Waals surface area contributed by atoms with Crippen molar-refractivity contribution in [1.82, 2.24) is 5.32 Å². The Kier molecular flexibility index (Phi) is 10.4. The smallest absolute Gasteiger partial charge is 0.335 e. The number of nitrogens with zero attached hydrogens (tertiary/aromatic N) is 1. The normalized spacial score (nSPS) is 13.6. The summed E-state index contributed by atoms with van der Waals surface area (Å²) in [6.45, 7) is 1.95. The summed E-state index contributed by atoms with van der Waals surface area (Å²) in [7, 11) is 1.55. The van der Waals surface area contributed by atoms with Gasteiger partial charge in [-0.1, -0.05) is 41.9 Å². The Balaban J connectivity index is 1.31. The van der Waals surface area contributed by atoms with Gasteiger partial charge in [0.1, 0.15) is 23.7 Å². The third-order valence-electron chi connectivity index (χ3n) is 6.81. The largest absolute Gasteiger partial charge is 0.497 e. The second-order valence-electron chi connectivity index (χ2n) is 10.1. The van der Waals surface area contributed by atoms with Gasteiger partial charge in [-0.3, -0.25) is 19.7 Å². The third kappa shape index (κ3) is 8.08. The van der Waals surface area contributed by atoms with Crippen molar-refractivity contribution in [3.05, 3.63) is 113 Å². The number of nitrogens with one attached hydrogen (secondary N) is 2. The molecular weight excluding hydrogens is 626 g/mol. The highest BCUT2D eigenvalue weighted by atomic mass is 35.5.